The molecule has 0 aliphatic heterocycles. The Hall–Kier alpha value is -4.14. The number of aryl methyl sites for hydroxylation is 1. The van der Waals surface area contributed by atoms with E-state index in [1.807, 2.05) is 48.5 Å². The van der Waals surface area contributed by atoms with Crippen LogP contribution in [-0.2, 0) is 21.4 Å². The number of alkyl carbamates (subject to hydrolysis) is 1. The Balaban J connectivity index is 1.50. The minimum atomic E-state index is -1.14. The molecule has 176 valence electrons. The summed E-state index contributed by atoms with van der Waals surface area (Å²) in [5, 5.41) is 15.8. The summed E-state index contributed by atoms with van der Waals surface area (Å²) in [6.07, 6.45) is 2.29. The average Bonchev–Trinajstić information content (AvgIpc) is 3.40. The summed E-state index contributed by atoms with van der Waals surface area (Å²) in [5.41, 5.74) is 4.82. The molecular formula is C25H26N4O5. The van der Waals surface area contributed by atoms with Crippen molar-refractivity contribution in [2.24, 2.45) is 7.05 Å². The lowest BCUT2D eigenvalue weighted by Crippen LogP contribution is -2.45. The molecule has 1 aromatic heterocycles. The normalized spacial score (nSPS) is 13.0. The van der Waals surface area contributed by atoms with Crippen LogP contribution in [-0.4, -0.2) is 57.5 Å². The number of nitrogens with zero attached hydrogens (tertiary/aromatic N) is 3. The van der Waals surface area contributed by atoms with Crippen molar-refractivity contribution < 1.29 is 24.2 Å². The van der Waals surface area contributed by atoms with Crippen molar-refractivity contribution in [1.82, 2.24) is 20.0 Å². The van der Waals surface area contributed by atoms with Gasteiger partial charge in [0.25, 0.3) is 5.91 Å². The van der Waals surface area contributed by atoms with E-state index in [2.05, 4.69) is 10.4 Å². The van der Waals surface area contributed by atoms with Gasteiger partial charge in [0, 0.05) is 31.3 Å². The maximum absolute atomic E-state index is 13.1. The zero-order valence-corrected chi connectivity index (χ0v) is 19.0. The molecule has 0 radical (unpaired) electrons. The summed E-state index contributed by atoms with van der Waals surface area (Å²) in [4.78, 5) is 38.2. The topological polar surface area (TPSA) is 114 Å². The van der Waals surface area contributed by atoms with Gasteiger partial charge >= 0.3 is 12.1 Å². The summed E-state index contributed by atoms with van der Waals surface area (Å²) in [5.74, 6) is -1.81. The first-order valence-corrected chi connectivity index (χ1v) is 11.0. The molecule has 0 spiro atoms. The van der Waals surface area contributed by atoms with Gasteiger partial charge in [-0.25, -0.2) is 4.79 Å². The number of nitrogens with one attached hydrogen (secondary N) is 1. The number of fused-ring (bicyclic) bond motifs is 3. The quantitative estimate of drug-likeness (QED) is 0.532. The second-order valence-corrected chi connectivity index (χ2v) is 8.10. The lowest BCUT2D eigenvalue weighted by atomic mass is 9.98. The average molecular weight is 463 g/mol. The number of hydrogen-bond acceptors (Lipinski definition) is 5. The largest absolute Gasteiger partial charge is 0.480 e. The predicted molar refractivity (Wildman–Crippen MR) is 124 cm³/mol. The molecule has 1 aliphatic rings. The van der Waals surface area contributed by atoms with Crippen LogP contribution < -0.4 is 5.32 Å². The van der Waals surface area contributed by atoms with E-state index in [4.69, 9.17) is 9.84 Å². The Morgan fingerprint density at radius 2 is 1.74 bits per heavy atom. The number of rotatable bonds is 8. The smallest absolute Gasteiger partial charge is 0.408 e. The minimum Gasteiger partial charge on any atom is -0.480 e. The van der Waals surface area contributed by atoms with Gasteiger partial charge in [-0.2, -0.15) is 5.10 Å². The standard InChI is InChI=1S/C25H26N4O5/c1-3-29(14-22(30)31)24(32)23(16-12-26-28(2)13-16)27-25(33)34-15-21-19-10-6-4-8-17(19)18-9-5-7-11-20(18)21/h4-13,21,23H,3,14-15H2,1-2H3,(H,27,33)(H,30,31). The zero-order chi connectivity index (χ0) is 24.2. The number of aliphatic carboxylic acids is 1. The summed E-state index contributed by atoms with van der Waals surface area (Å²) in [6, 6.07) is 14.9. The van der Waals surface area contributed by atoms with Crippen LogP contribution in [0.15, 0.2) is 60.9 Å². The van der Waals surface area contributed by atoms with Gasteiger partial charge in [-0.15, -0.1) is 0 Å². The number of hydrogen-bond donors (Lipinski definition) is 2. The highest BCUT2D eigenvalue weighted by Gasteiger charge is 2.32. The van der Waals surface area contributed by atoms with E-state index in [0.29, 0.717) is 5.56 Å². The summed E-state index contributed by atoms with van der Waals surface area (Å²) >= 11 is 0. The number of carboxylic acids is 1. The Morgan fingerprint density at radius 1 is 1.12 bits per heavy atom. The van der Waals surface area contributed by atoms with Crippen LogP contribution in [0.2, 0.25) is 0 Å². The lowest BCUT2D eigenvalue weighted by molar-refractivity contribution is -0.145. The Kier molecular flexibility index (Phi) is 6.62. The third-order valence-electron chi connectivity index (χ3n) is 5.93. The Morgan fingerprint density at radius 3 is 2.26 bits per heavy atom. The van der Waals surface area contributed by atoms with Crippen molar-refractivity contribution in [3.8, 4) is 11.1 Å². The molecule has 4 rings (SSSR count). The van der Waals surface area contributed by atoms with Crippen molar-refractivity contribution in [3.63, 3.8) is 0 Å². The number of aromatic nitrogens is 2. The number of ether oxygens (including phenoxy) is 1. The fourth-order valence-electron chi connectivity index (χ4n) is 4.33. The van der Waals surface area contributed by atoms with E-state index in [-0.39, 0.29) is 19.1 Å². The van der Waals surface area contributed by atoms with Crippen LogP contribution in [0.1, 0.15) is 35.6 Å². The molecule has 0 saturated carbocycles. The van der Waals surface area contributed by atoms with Crippen molar-refractivity contribution in [2.75, 3.05) is 19.7 Å². The molecule has 0 saturated heterocycles. The maximum atomic E-state index is 13.1. The number of carboxylic acid groups (broad SMARTS) is 1. The fraction of sp³-hybridized carbons (Fsp3) is 0.280. The van der Waals surface area contributed by atoms with Crippen molar-refractivity contribution in [1.29, 1.82) is 0 Å². The second-order valence-electron chi connectivity index (χ2n) is 8.10. The van der Waals surface area contributed by atoms with E-state index < -0.39 is 30.6 Å². The van der Waals surface area contributed by atoms with Crippen LogP contribution in [0.4, 0.5) is 4.79 Å². The van der Waals surface area contributed by atoms with Gasteiger partial charge in [0.1, 0.15) is 19.2 Å². The molecule has 0 bridgehead atoms. The number of likely N-dealkylation sites (N-methyl/N-ethyl adjacent to an activating group) is 1. The molecule has 34 heavy (non-hydrogen) atoms. The van der Waals surface area contributed by atoms with Gasteiger partial charge < -0.3 is 20.1 Å². The summed E-state index contributed by atoms with van der Waals surface area (Å²) in [7, 11) is 1.69. The number of benzene rings is 2. The summed E-state index contributed by atoms with van der Waals surface area (Å²) in [6.45, 7) is 1.47. The molecule has 0 fully saturated rings. The number of carbonyl (C=O) groups excluding carboxylic acids is 2. The van der Waals surface area contributed by atoms with Crippen molar-refractivity contribution >= 4 is 18.0 Å². The zero-order valence-electron chi connectivity index (χ0n) is 19.0. The molecule has 9 heteroatoms. The molecule has 3 aromatic rings. The molecular weight excluding hydrogens is 436 g/mol. The third-order valence-corrected chi connectivity index (χ3v) is 5.93. The first kappa shape index (κ1) is 23.0. The van der Waals surface area contributed by atoms with Crippen molar-refractivity contribution in [2.45, 2.75) is 18.9 Å². The first-order chi connectivity index (χ1) is 16.4. The minimum absolute atomic E-state index is 0.0976. The van der Waals surface area contributed by atoms with Gasteiger partial charge in [-0.05, 0) is 29.2 Å². The van der Waals surface area contributed by atoms with Gasteiger partial charge in [-0.1, -0.05) is 48.5 Å². The van der Waals surface area contributed by atoms with E-state index in [9.17, 15) is 14.4 Å². The van der Waals surface area contributed by atoms with Crippen LogP contribution in [0.25, 0.3) is 11.1 Å². The second kappa shape index (κ2) is 9.78. The highest BCUT2D eigenvalue weighted by Crippen LogP contribution is 2.44. The maximum Gasteiger partial charge on any atom is 0.408 e. The van der Waals surface area contributed by atoms with Crippen LogP contribution >= 0.6 is 0 Å². The van der Waals surface area contributed by atoms with E-state index in [1.54, 1.807) is 20.2 Å². The molecule has 1 heterocycles. The Bertz CT molecular complexity index is 1180. The predicted octanol–water partition coefficient (Wildman–Crippen LogP) is 2.93. The SMILES string of the molecule is CCN(CC(=O)O)C(=O)C(NC(=O)OCC1c2ccccc2-c2ccccc21)c1cnn(C)c1. The van der Waals surface area contributed by atoms with E-state index >= 15 is 0 Å². The van der Waals surface area contributed by atoms with Crippen LogP contribution in [0.3, 0.4) is 0 Å². The molecule has 2 amide bonds. The highest BCUT2D eigenvalue weighted by molar-refractivity contribution is 5.89. The molecule has 2 aromatic carbocycles. The Labute approximate surface area is 196 Å². The van der Waals surface area contributed by atoms with Gasteiger partial charge in [0.15, 0.2) is 0 Å². The molecule has 1 unspecified atom stereocenters. The van der Waals surface area contributed by atoms with Crippen LogP contribution in [0, 0.1) is 0 Å². The number of amides is 2. The third kappa shape index (κ3) is 4.63. The van der Waals surface area contributed by atoms with Crippen LogP contribution in [0.5, 0.6) is 0 Å². The fourth-order valence-corrected chi connectivity index (χ4v) is 4.33. The number of carbonyl (C=O) groups is 3. The van der Waals surface area contributed by atoms with Gasteiger partial charge in [0.2, 0.25) is 0 Å². The molecule has 2 N–H and O–H groups in total. The lowest BCUT2D eigenvalue weighted by Gasteiger charge is -2.25. The van der Waals surface area contributed by atoms with Gasteiger partial charge in [0.05, 0.1) is 6.20 Å². The van der Waals surface area contributed by atoms with Crippen molar-refractivity contribution in [3.05, 3.63) is 77.6 Å². The van der Waals surface area contributed by atoms with E-state index in [0.717, 1.165) is 27.2 Å². The molecule has 1 aliphatic carbocycles. The summed E-state index contributed by atoms with van der Waals surface area (Å²) < 4.78 is 7.08. The highest BCUT2D eigenvalue weighted by atomic mass is 16.5. The van der Waals surface area contributed by atoms with E-state index in [1.165, 1.54) is 10.9 Å². The van der Waals surface area contributed by atoms with Gasteiger partial charge in [-0.3, -0.25) is 14.3 Å². The molecule has 9 nitrogen and oxygen atoms in total. The molecule has 1 atom stereocenters. The first-order valence-electron chi connectivity index (χ1n) is 11.0. The monoisotopic (exact) mass is 462 g/mol.